The highest BCUT2D eigenvalue weighted by Gasteiger charge is 2.22. The molecular formula is C23H27F3N2O2. The van der Waals surface area contributed by atoms with Crippen LogP contribution in [0, 0.1) is 18.7 Å². The number of ether oxygens (including phenoxy) is 1. The summed E-state index contributed by atoms with van der Waals surface area (Å²) in [5, 5.41) is 2.85. The SMILES string of the molecule is Cc1cc(F)ccc1NC(=O)CC[C@@H]1CCCN(Cc2ccccc2OC(F)F)C1. The third-order valence-corrected chi connectivity index (χ3v) is 5.43. The number of hydrogen-bond acceptors (Lipinski definition) is 3. The molecule has 1 amide bonds. The molecule has 30 heavy (non-hydrogen) atoms. The molecule has 4 nitrogen and oxygen atoms in total. The van der Waals surface area contributed by atoms with Gasteiger partial charge in [0.1, 0.15) is 11.6 Å². The van der Waals surface area contributed by atoms with Crippen molar-refractivity contribution in [1.82, 2.24) is 4.90 Å². The zero-order valence-corrected chi connectivity index (χ0v) is 17.0. The van der Waals surface area contributed by atoms with E-state index in [0.29, 0.717) is 30.1 Å². The van der Waals surface area contributed by atoms with Gasteiger partial charge in [0.2, 0.25) is 5.91 Å². The number of rotatable bonds is 8. The van der Waals surface area contributed by atoms with Gasteiger partial charge in [-0.15, -0.1) is 0 Å². The second-order valence-electron chi connectivity index (χ2n) is 7.78. The van der Waals surface area contributed by atoms with Gasteiger partial charge < -0.3 is 10.1 Å². The summed E-state index contributed by atoms with van der Waals surface area (Å²) in [5.41, 5.74) is 2.06. The summed E-state index contributed by atoms with van der Waals surface area (Å²) < 4.78 is 43.1. The molecule has 0 radical (unpaired) electrons. The predicted molar refractivity (Wildman–Crippen MR) is 110 cm³/mol. The van der Waals surface area contributed by atoms with E-state index in [2.05, 4.69) is 15.0 Å². The molecule has 0 aliphatic carbocycles. The molecule has 1 atom stereocenters. The first kappa shape index (κ1) is 22.2. The number of nitrogens with zero attached hydrogens (tertiary/aromatic N) is 1. The molecule has 1 fully saturated rings. The highest BCUT2D eigenvalue weighted by Crippen LogP contribution is 2.27. The van der Waals surface area contributed by atoms with Crippen molar-refractivity contribution in [2.24, 2.45) is 5.92 Å². The molecule has 0 aromatic heterocycles. The topological polar surface area (TPSA) is 41.6 Å². The third kappa shape index (κ3) is 6.49. The summed E-state index contributed by atoms with van der Waals surface area (Å²) >= 11 is 0. The molecule has 2 aromatic rings. The van der Waals surface area contributed by atoms with Crippen LogP contribution in [-0.4, -0.2) is 30.5 Å². The van der Waals surface area contributed by atoms with Crippen LogP contribution in [0.15, 0.2) is 42.5 Å². The lowest BCUT2D eigenvalue weighted by Crippen LogP contribution is -2.35. The van der Waals surface area contributed by atoms with Gasteiger partial charge in [-0.25, -0.2) is 4.39 Å². The highest BCUT2D eigenvalue weighted by atomic mass is 19.3. The van der Waals surface area contributed by atoms with Gasteiger partial charge in [0.25, 0.3) is 0 Å². The van der Waals surface area contributed by atoms with Crippen LogP contribution in [0.25, 0.3) is 0 Å². The molecular weight excluding hydrogens is 393 g/mol. The van der Waals surface area contributed by atoms with Crippen LogP contribution < -0.4 is 10.1 Å². The number of carbonyl (C=O) groups excluding carboxylic acids is 1. The Labute approximate surface area is 175 Å². The van der Waals surface area contributed by atoms with E-state index in [-0.39, 0.29) is 17.5 Å². The summed E-state index contributed by atoms with van der Waals surface area (Å²) in [6.07, 6.45) is 3.17. The van der Waals surface area contributed by atoms with Crippen molar-refractivity contribution in [1.29, 1.82) is 0 Å². The Balaban J connectivity index is 1.50. The molecule has 0 saturated carbocycles. The Kier molecular flexibility index (Phi) is 7.74. The number of para-hydroxylation sites is 1. The van der Waals surface area contributed by atoms with Crippen molar-refractivity contribution < 1.29 is 22.7 Å². The minimum Gasteiger partial charge on any atom is -0.434 e. The summed E-state index contributed by atoms with van der Waals surface area (Å²) in [6, 6.07) is 11.2. The van der Waals surface area contributed by atoms with Crippen LogP contribution in [0.2, 0.25) is 0 Å². The number of benzene rings is 2. The molecule has 1 aliphatic heterocycles. The molecule has 162 valence electrons. The lowest BCUT2D eigenvalue weighted by molar-refractivity contribution is -0.116. The number of carbonyl (C=O) groups is 1. The van der Waals surface area contributed by atoms with Crippen molar-refractivity contribution >= 4 is 11.6 Å². The smallest absolute Gasteiger partial charge is 0.387 e. The quantitative estimate of drug-likeness (QED) is 0.625. The average Bonchev–Trinajstić information content (AvgIpc) is 2.70. The maximum atomic E-state index is 13.2. The predicted octanol–water partition coefficient (Wildman–Crippen LogP) is 5.37. The third-order valence-electron chi connectivity index (χ3n) is 5.43. The zero-order chi connectivity index (χ0) is 21.5. The molecule has 1 aliphatic rings. The van der Waals surface area contributed by atoms with E-state index in [9.17, 15) is 18.0 Å². The second kappa shape index (κ2) is 10.5. The first-order valence-corrected chi connectivity index (χ1v) is 10.2. The fourth-order valence-electron chi connectivity index (χ4n) is 3.93. The Bertz CT molecular complexity index is 860. The van der Waals surface area contributed by atoms with Gasteiger partial charge in [-0.3, -0.25) is 9.69 Å². The van der Waals surface area contributed by atoms with Crippen LogP contribution in [0.4, 0.5) is 18.9 Å². The molecule has 0 spiro atoms. The van der Waals surface area contributed by atoms with Crippen molar-refractivity contribution in [3.63, 3.8) is 0 Å². The number of piperidine rings is 1. The molecule has 0 bridgehead atoms. The van der Waals surface area contributed by atoms with E-state index in [1.54, 1.807) is 31.2 Å². The molecule has 1 N–H and O–H groups in total. The number of amides is 1. The van der Waals surface area contributed by atoms with E-state index >= 15 is 0 Å². The van der Waals surface area contributed by atoms with Crippen molar-refractivity contribution in [2.75, 3.05) is 18.4 Å². The second-order valence-corrected chi connectivity index (χ2v) is 7.78. The van der Waals surface area contributed by atoms with Crippen molar-refractivity contribution in [3.05, 3.63) is 59.4 Å². The van der Waals surface area contributed by atoms with Gasteiger partial charge in [-0.2, -0.15) is 8.78 Å². The lowest BCUT2D eigenvalue weighted by Gasteiger charge is -2.33. The molecule has 7 heteroatoms. The van der Waals surface area contributed by atoms with E-state index < -0.39 is 6.61 Å². The van der Waals surface area contributed by atoms with Crippen LogP contribution >= 0.6 is 0 Å². The first-order valence-electron chi connectivity index (χ1n) is 10.2. The molecule has 2 aromatic carbocycles. The fraction of sp³-hybridized carbons (Fsp3) is 0.435. The lowest BCUT2D eigenvalue weighted by atomic mass is 9.93. The minimum absolute atomic E-state index is 0.0856. The fourth-order valence-corrected chi connectivity index (χ4v) is 3.93. The Hall–Kier alpha value is -2.54. The van der Waals surface area contributed by atoms with Crippen molar-refractivity contribution in [2.45, 2.75) is 45.8 Å². The zero-order valence-electron chi connectivity index (χ0n) is 17.0. The van der Waals surface area contributed by atoms with Crippen LogP contribution in [0.1, 0.15) is 36.8 Å². The highest BCUT2D eigenvalue weighted by molar-refractivity contribution is 5.91. The largest absolute Gasteiger partial charge is 0.434 e. The van der Waals surface area contributed by atoms with E-state index in [4.69, 9.17) is 0 Å². The first-order chi connectivity index (χ1) is 14.4. The average molecular weight is 420 g/mol. The van der Waals surface area contributed by atoms with E-state index in [1.807, 2.05) is 6.07 Å². The van der Waals surface area contributed by atoms with E-state index in [0.717, 1.165) is 37.9 Å². The summed E-state index contributed by atoms with van der Waals surface area (Å²) in [7, 11) is 0. The molecule has 1 saturated heterocycles. The van der Waals surface area contributed by atoms with Crippen LogP contribution in [-0.2, 0) is 11.3 Å². The number of aryl methyl sites for hydroxylation is 1. The number of anilines is 1. The molecule has 1 heterocycles. The summed E-state index contributed by atoms with van der Waals surface area (Å²) in [4.78, 5) is 14.5. The van der Waals surface area contributed by atoms with Crippen molar-refractivity contribution in [3.8, 4) is 5.75 Å². The number of likely N-dealkylation sites (tertiary alicyclic amines) is 1. The maximum absolute atomic E-state index is 13.2. The van der Waals surface area contributed by atoms with Gasteiger partial charge in [-0.1, -0.05) is 18.2 Å². The van der Waals surface area contributed by atoms with Gasteiger partial charge in [0.05, 0.1) is 0 Å². The normalized spacial score (nSPS) is 17.2. The maximum Gasteiger partial charge on any atom is 0.387 e. The monoisotopic (exact) mass is 420 g/mol. The van der Waals surface area contributed by atoms with Gasteiger partial charge in [0.15, 0.2) is 0 Å². The number of nitrogens with one attached hydrogen (secondary N) is 1. The Morgan fingerprint density at radius 2 is 2.07 bits per heavy atom. The molecule has 3 rings (SSSR count). The number of alkyl halides is 2. The van der Waals surface area contributed by atoms with Crippen LogP contribution in [0.3, 0.4) is 0 Å². The minimum atomic E-state index is -2.84. The number of halogens is 3. The van der Waals surface area contributed by atoms with Crippen LogP contribution in [0.5, 0.6) is 5.75 Å². The molecule has 0 unspecified atom stereocenters. The van der Waals surface area contributed by atoms with Gasteiger partial charge >= 0.3 is 6.61 Å². The number of hydrogen-bond donors (Lipinski definition) is 1. The Morgan fingerprint density at radius 1 is 1.27 bits per heavy atom. The van der Waals surface area contributed by atoms with Gasteiger partial charge in [0, 0.05) is 30.8 Å². The summed E-state index contributed by atoms with van der Waals surface area (Å²) in [6.45, 7) is 1.16. The summed E-state index contributed by atoms with van der Waals surface area (Å²) in [5.74, 6) is 0.163. The van der Waals surface area contributed by atoms with Gasteiger partial charge in [-0.05, 0) is 68.5 Å². The standard InChI is InChI=1S/C23H27F3N2O2/c1-16-13-19(24)9-10-20(16)27-22(29)11-8-17-5-4-12-28(14-17)15-18-6-2-3-7-21(18)30-23(25)26/h2-3,6-7,9-10,13,17,23H,4-5,8,11-12,14-15H2,1H3,(H,27,29)/t17-/m0/s1. The Morgan fingerprint density at radius 3 is 2.83 bits per heavy atom. The van der Waals surface area contributed by atoms with E-state index in [1.165, 1.54) is 12.1 Å².